The first-order valence-corrected chi connectivity index (χ1v) is 8.65. The molecule has 0 spiro atoms. The van der Waals surface area contributed by atoms with E-state index < -0.39 is 0 Å². The van der Waals surface area contributed by atoms with E-state index in [1.807, 2.05) is 36.4 Å². The SMILES string of the molecule is O=C(NCC1CCCCO1)c1cc(-c2ccco2)nc2ccccc12. The molecule has 4 rings (SSSR count). The van der Waals surface area contributed by atoms with Crippen molar-refractivity contribution in [2.45, 2.75) is 25.4 Å². The van der Waals surface area contributed by atoms with E-state index in [-0.39, 0.29) is 12.0 Å². The number of furan rings is 1. The zero-order valence-corrected chi connectivity index (χ0v) is 13.9. The second kappa shape index (κ2) is 7.07. The second-order valence-electron chi connectivity index (χ2n) is 6.25. The van der Waals surface area contributed by atoms with Crippen LogP contribution in [0, 0.1) is 0 Å². The highest BCUT2D eigenvalue weighted by atomic mass is 16.5. The molecule has 5 nitrogen and oxygen atoms in total. The van der Waals surface area contributed by atoms with Crippen LogP contribution in [0.3, 0.4) is 0 Å². The van der Waals surface area contributed by atoms with Gasteiger partial charge in [0.25, 0.3) is 5.91 Å². The Balaban J connectivity index is 1.63. The van der Waals surface area contributed by atoms with Crippen LogP contribution in [0.4, 0.5) is 0 Å². The summed E-state index contributed by atoms with van der Waals surface area (Å²) in [5.74, 6) is 0.538. The molecule has 1 saturated heterocycles. The highest BCUT2D eigenvalue weighted by Crippen LogP contribution is 2.25. The minimum Gasteiger partial charge on any atom is -0.463 e. The van der Waals surface area contributed by atoms with Gasteiger partial charge in [0.05, 0.1) is 23.4 Å². The maximum Gasteiger partial charge on any atom is 0.252 e. The van der Waals surface area contributed by atoms with Gasteiger partial charge in [-0.1, -0.05) is 18.2 Å². The molecule has 5 heteroatoms. The molecule has 25 heavy (non-hydrogen) atoms. The van der Waals surface area contributed by atoms with Gasteiger partial charge in [0, 0.05) is 18.5 Å². The van der Waals surface area contributed by atoms with Gasteiger partial charge >= 0.3 is 0 Å². The van der Waals surface area contributed by atoms with Crippen molar-refractivity contribution in [3.8, 4) is 11.5 Å². The van der Waals surface area contributed by atoms with Crippen LogP contribution < -0.4 is 5.32 Å². The normalized spacial score (nSPS) is 17.5. The first kappa shape index (κ1) is 15.8. The van der Waals surface area contributed by atoms with Crippen LogP contribution in [0.25, 0.3) is 22.4 Å². The van der Waals surface area contributed by atoms with E-state index in [0.29, 0.717) is 23.6 Å². The number of nitrogens with one attached hydrogen (secondary N) is 1. The molecule has 1 unspecified atom stereocenters. The van der Waals surface area contributed by atoms with Crippen LogP contribution in [0.1, 0.15) is 29.6 Å². The lowest BCUT2D eigenvalue weighted by Crippen LogP contribution is -2.35. The van der Waals surface area contributed by atoms with Crippen molar-refractivity contribution >= 4 is 16.8 Å². The Morgan fingerprint density at radius 1 is 1.20 bits per heavy atom. The van der Waals surface area contributed by atoms with Gasteiger partial charge in [-0.15, -0.1) is 0 Å². The Kier molecular flexibility index (Phi) is 4.48. The fraction of sp³-hybridized carbons (Fsp3) is 0.300. The fourth-order valence-electron chi connectivity index (χ4n) is 3.18. The fourth-order valence-corrected chi connectivity index (χ4v) is 3.18. The number of para-hydroxylation sites is 1. The minimum atomic E-state index is -0.111. The average Bonchev–Trinajstić information content (AvgIpc) is 3.21. The monoisotopic (exact) mass is 336 g/mol. The predicted molar refractivity (Wildman–Crippen MR) is 95.4 cm³/mol. The van der Waals surface area contributed by atoms with E-state index in [9.17, 15) is 4.79 Å². The predicted octanol–water partition coefficient (Wildman–Crippen LogP) is 3.79. The number of ether oxygens (including phenoxy) is 1. The van der Waals surface area contributed by atoms with Crippen LogP contribution >= 0.6 is 0 Å². The number of nitrogens with zero attached hydrogens (tertiary/aromatic N) is 1. The van der Waals surface area contributed by atoms with Gasteiger partial charge in [0.2, 0.25) is 0 Å². The van der Waals surface area contributed by atoms with Gasteiger partial charge < -0.3 is 14.5 Å². The number of rotatable bonds is 4. The number of amides is 1. The zero-order valence-electron chi connectivity index (χ0n) is 13.9. The Labute approximate surface area is 146 Å². The molecule has 1 N–H and O–H groups in total. The van der Waals surface area contributed by atoms with Crippen LogP contribution in [0.15, 0.2) is 53.1 Å². The van der Waals surface area contributed by atoms with Crippen LogP contribution in [0.5, 0.6) is 0 Å². The molecule has 1 aromatic carbocycles. The summed E-state index contributed by atoms with van der Waals surface area (Å²) in [5.41, 5.74) is 2.03. The minimum absolute atomic E-state index is 0.107. The summed E-state index contributed by atoms with van der Waals surface area (Å²) in [7, 11) is 0. The van der Waals surface area contributed by atoms with Crippen molar-refractivity contribution in [2.24, 2.45) is 0 Å². The maximum absolute atomic E-state index is 12.8. The maximum atomic E-state index is 12.8. The van der Waals surface area contributed by atoms with Gasteiger partial charge in [-0.2, -0.15) is 0 Å². The third kappa shape index (κ3) is 3.42. The van der Waals surface area contributed by atoms with Crippen molar-refractivity contribution in [2.75, 3.05) is 13.2 Å². The Morgan fingerprint density at radius 2 is 2.12 bits per heavy atom. The molecular formula is C20H20N2O3. The molecule has 0 saturated carbocycles. The Morgan fingerprint density at radius 3 is 2.92 bits per heavy atom. The Bertz CT molecular complexity index is 868. The van der Waals surface area contributed by atoms with Gasteiger partial charge in [-0.3, -0.25) is 4.79 Å². The van der Waals surface area contributed by atoms with Crippen molar-refractivity contribution in [3.63, 3.8) is 0 Å². The molecule has 1 fully saturated rings. The number of carbonyl (C=O) groups is 1. The lowest BCUT2D eigenvalue weighted by atomic mass is 10.1. The summed E-state index contributed by atoms with van der Waals surface area (Å²) in [4.78, 5) is 17.4. The Hall–Kier alpha value is -2.66. The van der Waals surface area contributed by atoms with Gasteiger partial charge in [0.1, 0.15) is 5.69 Å². The second-order valence-corrected chi connectivity index (χ2v) is 6.25. The first-order valence-electron chi connectivity index (χ1n) is 8.65. The van der Waals surface area contributed by atoms with Crippen LogP contribution in [-0.4, -0.2) is 30.1 Å². The number of carbonyl (C=O) groups excluding carboxylic acids is 1. The number of hydrogen-bond donors (Lipinski definition) is 1. The number of fused-ring (bicyclic) bond motifs is 1. The summed E-state index contributed by atoms with van der Waals surface area (Å²) < 4.78 is 11.1. The zero-order chi connectivity index (χ0) is 17.1. The van der Waals surface area contributed by atoms with Crippen LogP contribution in [0.2, 0.25) is 0 Å². The average molecular weight is 336 g/mol. The third-order valence-electron chi connectivity index (χ3n) is 4.50. The van der Waals surface area contributed by atoms with E-state index in [0.717, 1.165) is 36.8 Å². The van der Waals surface area contributed by atoms with Crippen molar-refractivity contribution in [3.05, 3.63) is 54.3 Å². The summed E-state index contributed by atoms with van der Waals surface area (Å²) >= 11 is 0. The molecule has 0 aliphatic carbocycles. The molecule has 3 heterocycles. The van der Waals surface area contributed by atoms with E-state index in [1.165, 1.54) is 0 Å². The quantitative estimate of drug-likeness (QED) is 0.787. The molecular weight excluding hydrogens is 316 g/mol. The molecule has 0 bridgehead atoms. The molecule has 1 atom stereocenters. The number of benzene rings is 1. The van der Waals surface area contributed by atoms with E-state index in [2.05, 4.69) is 10.3 Å². The standard InChI is InChI=1S/C20H20N2O3/c23-20(21-13-14-6-3-4-10-24-14)16-12-18(19-9-5-11-25-19)22-17-8-2-1-7-15(16)17/h1-2,5,7-9,11-12,14H,3-4,6,10,13H2,(H,21,23). The largest absolute Gasteiger partial charge is 0.463 e. The van der Waals surface area contributed by atoms with Gasteiger partial charge in [-0.05, 0) is 43.5 Å². The van der Waals surface area contributed by atoms with Crippen molar-refractivity contribution in [1.82, 2.24) is 10.3 Å². The topological polar surface area (TPSA) is 64.4 Å². The summed E-state index contributed by atoms with van der Waals surface area (Å²) in [6.45, 7) is 1.31. The molecule has 3 aromatic rings. The summed E-state index contributed by atoms with van der Waals surface area (Å²) in [6.07, 6.45) is 4.96. The van der Waals surface area contributed by atoms with Crippen molar-refractivity contribution in [1.29, 1.82) is 0 Å². The van der Waals surface area contributed by atoms with E-state index >= 15 is 0 Å². The lowest BCUT2D eigenvalue weighted by molar-refractivity contribution is 0.0169. The molecule has 1 amide bonds. The first-order chi connectivity index (χ1) is 12.3. The third-order valence-corrected chi connectivity index (χ3v) is 4.50. The van der Waals surface area contributed by atoms with E-state index in [4.69, 9.17) is 9.15 Å². The molecule has 1 aliphatic rings. The highest BCUT2D eigenvalue weighted by molar-refractivity contribution is 6.07. The lowest BCUT2D eigenvalue weighted by Gasteiger charge is -2.22. The number of aromatic nitrogens is 1. The van der Waals surface area contributed by atoms with Gasteiger partial charge in [0.15, 0.2) is 5.76 Å². The number of hydrogen-bond acceptors (Lipinski definition) is 4. The molecule has 0 radical (unpaired) electrons. The van der Waals surface area contributed by atoms with Crippen LogP contribution in [-0.2, 0) is 4.74 Å². The van der Waals surface area contributed by atoms with Crippen molar-refractivity contribution < 1.29 is 13.9 Å². The summed E-state index contributed by atoms with van der Waals surface area (Å²) in [5, 5.41) is 3.84. The molecule has 128 valence electrons. The molecule has 2 aromatic heterocycles. The highest BCUT2D eigenvalue weighted by Gasteiger charge is 2.18. The summed E-state index contributed by atoms with van der Waals surface area (Å²) in [6, 6.07) is 13.1. The smallest absolute Gasteiger partial charge is 0.252 e. The molecule has 1 aliphatic heterocycles. The number of pyridine rings is 1. The van der Waals surface area contributed by atoms with Gasteiger partial charge in [-0.25, -0.2) is 4.98 Å². The van der Waals surface area contributed by atoms with E-state index in [1.54, 1.807) is 12.3 Å².